The number of urea groups is 1. The monoisotopic (exact) mass is 391 g/mol. The summed E-state index contributed by atoms with van der Waals surface area (Å²) in [6, 6.07) is 8.31. The SMILES string of the molecule is CCC1SC(c2ccc(C)cc2)N(CCN(CC)C(=O)NC(C)(C)C)C1=O. The number of likely N-dealkylation sites (N-methyl/N-ethyl adjacent to an activating group) is 1. The van der Waals surface area contributed by atoms with Gasteiger partial charge in [0.05, 0.1) is 5.25 Å². The first-order valence-corrected chi connectivity index (χ1v) is 10.7. The molecule has 6 heteroatoms. The molecule has 1 saturated heterocycles. The molecule has 2 rings (SSSR count). The lowest BCUT2D eigenvalue weighted by molar-refractivity contribution is -0.130. The minimum absolute atomic E-state index is 0.00483. The van der Waals surface area contributed by atoms with Crippen LogP contribution in [0.15, 0.2) is 24.3 Å². The van der Waals surface area contributed by atoms with Crippen LogP contribution in [0.1, 0.15) is 57.5 Å². The molecule has 3 amide bonds. The Balaban J connectivity index is 2.11. The fourth-order valence-electron chi connectivity index (χ4n) is 3.11. The molecule has 0 aliphatic carbocycles. The number of rotatable bonds is 6. The van der Waals surface area contributed by atoms with Crippen LogP contribution >= 0.6 is 11.8 Å². The van der Waals surface area contributed by atoms with Crippen LogP contribution in [0.2, 0.25) is 0 Å². The average Bonchev–Trinajstić information content (AvgIpc) is 2.91. The van der Waals surface area contributed by atoms with E-state index in [1.165, 1.54) is 5.56 Å². The zero-order valence-electron chi connectivity index (χ0n) is 17.4. The van der Waals surface area contributed by atoms with Crippen molar-refractivity contribution in [3.63, 3.8) is 0 Å². The molecular formula is C21H33N3O2S. The van der Waals surface area contributed by atoms with E-state index in [1.54, 1.807) is 16.7 Å². The van der Waals surface area contributed by atoms with E-state index in [0.717, 1.165) is 12.0 Å². The van der Waals surface area contributed by atoms with Gasteiger partial charge in [0.15, 0.2) is 0 Å². The second kappa shape index (κ2) is 9.00. The number of benzene rings is 1. The van der Waals surface area contributed by atoms with Crippen LogP contribution in [0.5, 0.6) is 0 Å². The molecule has 0 aromatic heterocycles. The first-order valence-electron chi connectivity index (χ1n) is 9.75. The van der Waals surface area contributed by atoms with Crippen molar-refractivity contribution in [1.82, 2.24) is 15.1 Å². The third-order valence-corrected chi connectivity index (χ3v) is 6.28. The van der Waals surface area contributed by atoms with Crippen molar-refractivity contribution < 1.29 is 9.59 Å². The minimum atomic E-state index is -0.276. The van der Waals surface area contributed by atoms with Crippen LogP contribution in [0.3, 0.4) is 0 Å². The quantitative estimate of drug-likeness (QED) is 0.791. The predicted molar refractivity (Wildman–Crippen MR) is 113 cm³/mol. The topological polar surface area (TPSA) is 52.6 Å². The zero-order chi connectivity index (χ0) is 20.2. The normalized spacial score (nSPS) is 20.1. The van der Waals surface area contributed by atoms with Gasteiger partial charge in [-0.1, -0.05) is 36.8 Å². The Kier molecular flexibility index (Phi) is 7.20. The van der Waals surface area contributed by atoms with Gasteiger partial charge in [-0.3, -0.25) is 4.79 Å². The molecule has 1 fully saturated rings. The van der Waals surface area contributed by atoms with Gasteiger partial charge >= 0.3 is 6.03 Å². The zero-order valence-corrected chi connectivity index (χ0v) is 18.2. The van der Waals surface area contributed by atoms with Crippen molar-refractivity contribution in [3.8, 4) is 0 Å². The van der Waals surface area contributed by atoms with Gasteiger partial charge in [-0.2, -0.15) is 0 Å². The molecule has 2 unspecified atom stereocenters. The van der Waals surface area contributed by atoms with E-state index in [9.17, 15) is 9.59 Å². The standard InChI is InChI=1S/C21H33N3O2S/c1-7-17-18(25)24(19(27-17)16-11-9-15(3)10-12-16)14-13-23(8-2)20(26)22-21(4,5)6/h9-12,17,19H,7-8,13-14H2,1-6H3,(H,22,26). The van der Waals surface area contributed by atoms with Gasteiger partial charge in [-0.05, 0) is 46.6 Å². The Morgan fingerprint density at radius 3 is 2.37 bits per heavy atom. The molecule has 5 nitrogen and oxygen atoms in total. The van der Waals surface area contributed by atoms with Crippen molar-refractivity contribution in [3.05, 3.63) is 35.4 Å². The van der Waals surface area contributed by atoms with Gasteiger partial charge in [0.1, 0.15) is 5.37 Å². The van der Waals surface area contributed by atoms with E-state index >= 15 is 0 Å². The number of aryl methyl sites for hydroxylation is 1. The molecule has 1 N–H and O–H groups in total. The summed E-state index contributed by atoms with van der Waals surface area (Å²) in [6.07, 6.45) is 0.824. The van der Waals surface area contributed by atoms with Crippen molar-refractivity contribution >= 4 is 23.7 Å². The van der Waals surface area contributed by atoms with Gasteiger partial charge < -0.3 is 15.1 Å². The Labute approximate surface area is 167 Å². The molecule has 1 aromatic rings. The van der Waals surface area contributed by atoms with Crippen molar-refractivity contribution in [2.45, 2.75) is 64.1 Å². The summed E-state index contributed by atoms with van der Waals surface area (Å²) in [5, 5.41) is 3.02. The molecule has 0 saturated carbocycles. The fourth-order valence-corrected chi connectivity index (χ4v) is 4.53. The molecule has 27 heavy (non-hydrogen) atoms. The number of thioether (sulfide) groups is 1. The highest BCUT2D eigenvalue weighted by molar-refractivity contribution is 8.01. The number of amides is 3. The van der Waals surface area contributed by atoms with Gasteiger partial charge in [-0.15, -0.1) is 11.8 Å². The maximum atomic E-state index is 12.9. The third kappa shape index (κ3) is 5.64. The Hall–Kier alpha value is -1.69. The molecule has 2 atom stereocenters. The molecule has 1 heterocycles. The Morgan fingerprint density at radius 2 is 1.85 bits per heavy atom. The van der Waals surface area contributed by atoms with Crippen LogP contribution < -0.4 is 5.32 Å². The third-order valence-electron chi connectivity index (χ3n) is 4.63. The van der Waals surface area contributed by atoms with Crippen molar-refractivity contribution in [1.29, 1.82) is 0 Å². The maximum absolute atomic E-state index is 12.9. The molecule has 150 valence electrons. The molecule has 0 spiro atoms. The largest absolute Gasteiger partial charge is 0.333 e. The lowest BCUT2D eigenvalue weighted by Gasteiger charge is -2.30. The Morgan fingerprint density at radius 1 is 1.22 bits per heavy atom. The van der Waals surface area contributed by atoms with Gasteiger partial charge in [0, 0.05) is 25.2 Å². The molecule has 1 aliphatic heterocycles. The van der Waals surface area contributed by atoms with Crippen molar-refractivity contribution in [2.24, 2.45) is 0 Å². The van der Waals surface area contributed by atoms with E-state index in [-0.39, 0.29) is 28.1 Å². The maximum Gasteiger partial charge on any atom is 0.317 e. The summed E-state index contributed by atoms with van der Waals surface area (Å²) >= 11 is 1.72. The summed E-state index contributed by atoms with van der Waals surface area (Å²) in [5.74, 6) is 0.181. The number of carbonyl (C=O) groups is 2. The molecular weight excluding hydrogens is 358 g/mol. The number of nitrogens with zero attached hydrogens (tertiary/aromatic N) is 2. The van der Waals surface area contributed by atoms with Gasteiger partial charge in [0.2, 0.25) is 5.91 Å². The van der Waals surface area contributed by atoms with E-state index in [2.05, 4.69) is 43.4 Å². The highest BCUT2D eigenvalue weighted by Gasteiger charge is 2.40. The van der Waals surface area contributed by atoms with Crippen LogP contribution in [-0.2, 0) is 4.79 Å². The van der Waals surface area contributed by atoms with Gasteiger partial charge in [0.25, 0.3) is 0 Å². The number of nitrogens with one attached hydrogen (secondary N) is 1. The van der Waals surface area contributed by atoms with E-state index < -0.39 is 0 Å². The second-order valence-electron chi connectivity index (χ2n) is 8.09. The summed E-state index contributed by atoms with van der Waals surface area (Å²) in [4.78, 5) is 29.1. The molecule has 0 bridgehead atoms. The summed E-state index contributed by atoms with van der Waals surface area (Å²) < 4.78 is 0. The first kappa shape index (κ1) is 21.6. The lowest BCUT2D eigenvalue weighted by atomic mass is 10.1. The van der Waals surface area contributed by atoms with E-state index in [4.69, 9.17) is 0 Å². The Bertz CT molecular complexity index is 654. The van der Waals surface area contributed by atoms with Crippen LogP contribution in [0.25, 0.3) is 0 Å². The van der Waals surface area contributed by atoms with Crippen LogP contribution in [0.4, 0.5) is 4.79 Å². The first-order chi connectivity index (χ1) is 12.7. The smallest absolute Gasteiger partial charge is 0.317 e. The van der Waals surface area contributed by atoms with Crippen LogP contribution in [0, 0.1) is 6.92 Å². The summed E-state index contributed by atoms with van der Waals surface area (Å²) in [5.41, 5.74) is 2.08. The van der Waals surface area contributed by atoms with E-state index in [1.807, 2.05) is 32.6 Å². The minimum Gasteiger partial charge on any atom is -0.333 e. The summed E-state index contributed by atoms with van der Waals surface area (Å²) in [7, 11) is 0. The highest BCUT2D eigenvalue weighted by atomic mass is 32.2. The molecule has 0 radical (unpaired) electrons. The van der Waals surface area contributed by atoms with Crippen molar-refractivity contribution in [2.75, 3.05) is 19.6 Å². The highest BCUT2D eigenvalue weighted by Crippen LogP contribution is 2.44. The fraction of sp³-hybridized carbons (Fsp3) is 0.619. The number of hydrogen-bond donors (Lipinski definition) is 1. The second-order valence-corrected chi connectivity index (χ2v) is 9.38. The lowest BCUT2D eigenvalue weighted by Crippen LogP contribution is -2.50. The number of hydrogen-bond acceptors (Lipinski definition) is 3. The van der Waals surface area contributed by atoms with E-state index in [0.29, 0.717) is 19.6 Å². The predicted octanol–water partition coefficient (Wildman–Crippen LogP) is 4.18. The average molecular weight is 392 g/mol. The van der Waals surface area contributed by atoms with Crippen LogP contribution in [-0.4, -0.2) is 52.2 Å². The van der Waals surface area contributed by atoms with Gasteiger partial charge in [-0.25, -0.2) is 4.79 Å². The summed E-state index contributed by atoms with van der Waals surface area (Å²) in [6.45, 7) is 13.7. The molecule has 1 aliphatic rings. The molecule has 1 aromatic carbocycles. The number of carbonyl (C=O) groups excluding carboxylic acids is 2.